The molecule has 0 unspecified atom stereocenters. The van der Waals surface area contributed by atoms with Crippen LogP contribution in [0.2, 0.25) is 0 Å². The molecule has 0 aliphatic carbocycles. The second-order valence-corrected chi connectivity index (χ2v) is 7.29. The molecule has 1 fully saturated rings. The van der Waals surface area contributed by atoms with Gasteiger partial charge in [-0.05, 0) is 49.7 Å². The van der Waals surface area contributed by atoms with Crippen molar-refractivity contribution in [3.63, 3.8) is 0 Å². The minimum Gasteiger partial charge on any atom is -0.497 e. The average Bonchev–Trinajstić information content (AvgIpc) is 3.37. The third-order valence-corrected chi connectivity index (χ3v) is 5.39. The molecule has 2 aromatic heterocycles. The molecule has 1 N–H and O–H groups in total. The molecule has 8 nitrogen and oxygen atoms in total. The Kier molecular flexibility index (Phi) is 5.62. The number of aromatic nitrogens is 4. The van der Waals surface area contributed by atoms with E-state index in [1.165, 1.54) is 0 Å². The summed E-state index contributed by atoms with van der Waals surface area (Å²) in [5.41, 5.74) is 2.04. The van der Waals surface area contributed by atoms with E-state index < -0.39 is 5.97 Å². The number of ether oxygens (including phenoxy) is 1. The lowest BCUT2D eigenvalue weighted by Crippen LogP contribution is -2.35. The van der Waals surface area contributed by atoms with Gasteiger partial charge in [-0.25, -0.2) is 4.98 Å². The summed E-state index contributed by atoms with van der Waals surface area (Å²) in [5, 5.41) is 13.3. The van der Waals surface area contributed by atoms with Crippen LogP contribution in [0.25, 0.3) is 5.69 Å². The van der Waals surface area contributed by atoms with Crippen LogP contribution < -0.4 is 4.74 Å². The van der Waals surface area contributed by atoms with E-state index in [2.05, 4.69) is 19.5 Å². The van der Waals surface area contributed by atoms with Gasteiger partial charge in [-0.15, -0.1) is 0 Å². The number of rotatable bonds is 7. The minimum atomic E-state index is -0.871. The van der Waals surface area contributed by atoms with Crippen LogP contribution in [0.5, 0.6) is 5.75 Å². The highest BCUT2D eigenvalue weighted by molar-refractivity contribution is 5.66. The normalized spacial score (nSPS) is 17.3. The Hall–Kier alpha value is -3.13. The van der Waals surface area contributed by atoms with Crippen LogP contribution in [0, 0.1) is 0 Å². The smallest absolute Gasteiger partial charge is 0.325 e. The molecule has 1 aliphatic heterocycles. The summed E-state index contributed by atoms with van der Waals surface area (Å²) in [6.07, 6.45) is 7.58. The molecule has 3 heterocycles. The SMILES string of the molecule is COc1ccc(-n2ccnc2CN2CCC[C@H](c3ccnn3CC(=O)O)C2)cc1. The van der Waals surface area contributed by atoms with Crippen molar-refractivity contribution in [2.24, 2.45) is 0 Å². The van der Waals surface area contributed by atoms with Crippen LogP contribution in [0.3, 0.4) is 0 Å². The van der Waals surface area contributed by atoms with Crippen molar-refractivity contribution in [2.75, 3.05) is 20.2 Å². The molecule has 0 amide bonds. The fourth-order valence-corrected chi connectivity index (χ4v) is 4.02. The maximum Gasteiger partial charge on any atom is 0.325 e. The zero-order chi connectivity index (χ0) is 20.2. The number of imidazole rings is 1. The first-order valence-corrected chi connectivity index (χ1v) is 9.76. The zero-order valence-corrected chi connectivity index (χ0v) is 16.4. The van der Waals surface area contributed by atoms with E-state index >= 15 is 0 Å². The monoisotopic (exact) mass is 395 g/mol. The number of methoxy groups -OCH3 is 1. The standard InChI is InChI=1S/C21H25N5O3/c1-29-18-6-4-17(5-7-18)25-12-10-22-20(25)14-24-11-2-3-16(13-24)19-8-9-23-26(19)15-21(27)28/h4-10,12,16H,2-3,11,13-15H2,1H3,(H,27,28)/t16-/m0/s1. The molecule has 8 heteroatoms. The van der Waals surface area contributed by atoms with Crippen LogP contribution in [0.4, 0.5) is 0 Å². The van der Waals surface area contributed by atoms with Crippen molar-refractivity contribution in [2.45, 2.75) is 31.8 Å². The molecule has 4 rings (SSSR count). The first-order valence-electron chi connectivity index (χ1n) is 9.76. The predicted molar refractivity (Wildman–Crippen MR) is 107 cm³/mol. The van der Waals surface area contributed by atoms with Gasteiger partial charge in [0.1, 0.15) is 18.1 Å². The third-order valence-electron chi connectivity index (χ3n) is 5.39. The number of carboxylic acids is 1. The van der Waals surface area contributed by atoms with Gasteiger partial charge in [0.05, 0.1) is 13.7 Å². The molecule has 29 heavy (non-hydrogen) atoms. The van der Waals surface area contributed by atoms with Crippen LogP contribution >= 0.6 is 0 Å². The van der Waals surface area contributed by atoms with Crippen molar-refractivity contribution in [3.05, 3.63) is 60.4 Å². The van der Waals surface area contributed by atoms with E-state index in [1.54, 1.807) is 18.0 Å². The predicted octanol–water partition coefficient (Wildman–Crippen LogP) is 2.54. The Bertz CT molecular complexity index is 963. The van der Waals surface area contributed by atoms with Crippen molar-refractivity contribution in [1.82, 2.24) is 24.2 Å². The van der Waals surface area contributed by atoms with Gasteiger partial charge in [-0.1, -0.05) is 0 Å². The van der Waals surface area contributed by atoms with Crippen LogP contribution in [0.15, 0.2) is 48.9 Å². The van der Waals surface area contributed by atoms with Crippen molar-refractivity contribution in [1.29, 1.82) is 0 Å². The van der Waals surface area contributed by atoms with Gasteiger partial charge >= 0.3 is 5.97 Å². The largest absolute Gasteiger partial charge is 0.497 e. The van der Waals surface area contributed by atoms with Crippen molar-refractivity contribution in [3.8, 4) is 11.4 Å². The molecule has 152 valence electrons. The topological polar surface area (TPSA) is 85.4 Å². The zero-order valence-electron chi connectivity index (χ0n) is 16.4. The van der Waals surface area contributed by atoms with Gasteiger partial charge < -0.3 is 14.4 Å². The number of benzene rings is 1. The van der Waals surface area contributed by atoms with E-state index in [-0.39, 0.29) is 12.5 Å². The Morgan fingerprint density at radius 3 is 2.83 bits per heavy atom. The lowest BCUT2D eigenvalue weighted by atomic mass is 9.94. The van der Waals surface area contributed by atoms with E-state index in [1.807, 2.05) is 42.7 Å². The summed E-state index contributed by atoms with van der Waals surface area (Å²) < 4.78 is 8.94. The van der Waals surface area contributed by atoms with Crippen LogP contribution in [0.1, 0.15) is 30.3 Å². The average molecular weight is 395 g/mol. The molecule has 1 atom stereocenters. The van der Waals surface area contributed by atoms with Crippen LogP contribution in [-0.2, 0) is 17.9 Å². The lowest BCUT2D eigenvalue weighted by Gasteiger charge is -2.32. The van der Waals surface area contributed by atoms with Gasteiger partial charge in [0.2, 0.25) is 0 Å². The Labute approximate surface area is 169 Å². The Balaban J connectivity index is 1.47. The number of likely N-dealkylation sites (tertiary alicyclic amines) is 1. The number of hydrogen-bond acceptors (Lipinski definition) is 5. The van der Waals surface area contributed by atoms with E-state index in [9.17, 15) is 4.79 Å². The van der Waals surface area contributed by atoms with Gasteiger partial charge in [0.25, 0.3) is 0 Å². The summed E-state index contributed by atoms with van der Waals surface area (Å²) in [6.45, 7) is 2.50. The fraction of sp³-hybridized carbons (Fsp3) is 0.381. The number of nitrogens with zero attached hydrogens (tertiary/aromatic N) is 5. The second-order valence-electron chi connectivity index (χ2n) is 7.29. The summed E-state index contributed by atoms with van der Waals surface area (Å²) in [7, 11) is 1.66. The molecular weight excluding hydrogens is 370 g/mol. The Morgan fingerprint density at radius 2 is 2.07 bits per heavy atom. The molecule has 1 aliphatic rings. The maximum absolute atomic E-state index is 11.1. The first-order chi connectivity index (χ1) is 14.1. The summed E-state index contributed by atoms with van der Waals surface area (Å²) in [6, 6.07) is 9.87. The summed E-state index contributed by atoms with van der Waals surface area (Å²) in [4.78, 5) is 18.1. The molecule has 1 saturated heterocycles. The molecule has 0 bridgehead atoms. The van der Waals surface area contributed by atoms with Crippen molar-refractivity contribution >= 4 is 5.97 Å². The molecular formula is C21H25N5O3. The highest BCUT2D eigenvalue weighted by Crippen LogP contribution is 2.28. The number of carboxylic acid groups (broad SMARTS) is 1. The quantitative estimate of drug-likeness (QED) is 0.662. The highest BCUT2D eigenvalue weighted by atomic mass is 16.5. The molecule has 0 saturated carbocycles. The summed E-state index contributed by atoms with van der Waals surface area (Å²) in [5.74, 6) is 1.21. The maximum atomic E-state index is 11.1. The third kappa shape index (κ3) is 4.32. The molecule has 1 aromatic carbocycles. The number of aliphatic carboxylic acids is 1. The molecule has 3 aromatic rings. The van der Waals surface area contributed by atoms with Crippen LogP contribution in [-0.4, -0.2) is 55.5 Å². The first kappa shape index (κ1) is 19.2. The van der Waals surface area contributed by atoms with Crippen molar-refractivity contribution < 1.29 is 14.6 Å². The van der Waals surface area contributed by atoms with Gasteiger partial charge in [-0.3, -0.25) is 14.4 Å². The van der Waals surface area contributed by atoms with Gasteiger partial charge in [-0.2, -0.15) is 5.10 Å². The minimum absolute atomic E-state index is 0.0965. The Morgan fingerprint density at radius 1 is 1.24 bits per heavy atom. The number of hydrogen-bond donors (Lipinski definition) is 1. The second kappa shape index (κ2) is 8.48. The van der Waals surface area contributed by atoms with Gasteiger partial charge in [0, 0.05) is 42.4 Å². The number of piperidine rings is 1. The van der Waals surface area contributed by atoms with Gasteiger partial charge in [0.15, 0.2) is 0 Å². The van der Waals surface area contributed by atoms with E-state index in [0.29, 0.717) is 0 Å². The molecule has 0 spiro atoms. The molecule has 0 radical (unpaired) electrons. The fourth-order valence-electron chi connectivity index (χ4n) is 4.02. The number of carbonyl (C=O) groups is 1. The van der Waals surface area contributed by atoms with E-state index in [4.69, 9.17) is 9.84 Å². The van der Waals surface area contributed by atoms with E-state index in [0.717, 1.165) is 55.4 Å². The summed E-state index contributed by atoms with van der Waals surface area (Å²) >= 11 is 0. The highest BCUT2D eigenvalue weighted by Gasteiger charge is 2.25. The lowest BCUT2D eigenvalue weighted by molar-refractivity contribution is -0.137.